The molecule has 22 heavy (non-hydrogen) atoms. The van der Waals surface area contributed by atoms with Crippen molar-refractivity contribution < 1.29 is 19.4 Å². The summed E-state index contributed by atoms with van der Waals surface area (Å²) in [5.41, 5.74) is 0.766. The molecule has 2 rings (SSSR count). The van der Waals surface area contributed by atoms with E-state index in [4.69, 9.17) is 19.4 Å². The second-order valence-corrected chi connectivity index (χ2v) is 4.39. The fourth-order valence-corrected chi connectivity index (χ4v) is 1.91. The third-order valence-corrected chi connectivity index (χ3v) is 2.82. The topological polar surface area (TPSA) is 60.3 Å². The second kappa shape index (κ2) is 8.56. The molecule has 0 atom stereocenters. The van der Waals surface area contributed by atoms with Gasteiger partial charge in [0.2, 0.25) is 0 Å². The average Bonchev–Trinajstić information content (AvgIpc) is 2.54. The van der Waals surface area contributed by atoms with Gasteiger partial charge in [-0.05, 0) is 36.8 Å². The molecule has 0 spiro atoms. The van der Waals surface area contributed by atoms with Crippen molar-refractivity contribution in [2.24, 2.45) is 5.16 Å². The summed E-state index contributed by atoms with van der Waals surface area (Å²) in [7, 11) is 0. The molecule has 0 saturated carbocycles. The Hall–Kier alpha value is -2.69. The Labute approximate surface area is 129 Å². The second-order valence-electron chi connectivity index (χ2n) is 4.39. The molecule has 0 aliphatic carbocycles. The quantitative estimate of drug-likeness (QED) is 0.351. The fraction of sp³-hybridized carbons (Fsp3) is 0.235. The van der Waals surface area contributed by atoms with Crippen LogP contribution in [0.2, 0.25) is 0 Å². The van der Waals surface area contributed by atoms with E-state index in [1.807, 2.05) is 49.4 Å². The normalized spacial score (nSPS) is 10.6. The molecule has 116 valence electrons. The van der Waals surface area contributed by atoms with Crippen molar-refractivity contribution in [1.29, 1.82) is 0 Å². The fourth-order valence-electron chi connectivity index (χ4n) is 1.91. The zero-order valence-electron chi connectivity index (χ0n) is 12.4. The molecule has 1 N–H and O–H groups in total. The van der Waals surface area contributed by atoms with Crippen LogP contribution in [0.4, 0.5) is 0 Å². The minimum Gasteiger partial charge on any atom is -0.490 e. The maximum absolute atomic E-state index is 8.52. The molecule has 0 radical (unpaired) electrons. The van der Waals surface area contributed by atoms with E-state index in [1.165, 1.54) is 6.21 Å². The van der Waals surface area contributed by atoms with Gasteiger partial charge in [-0.2, -0.15) is 0 Å². The standard InChI is InChI=1S/C17H19NO4/c1-2-20-16-8-3-4-9-17(16)22-11-10-21-15-7-5-6-14(12-15)13-18-19/h3-9,12-13,19H,2,10-11H2,1H3. The number of rotatable bonds is 8. The lowest BCUT2D eigenvalue weighted by Gasteiger charge is -2.12. The number of nitrogens with zero attached hydrogens (tertiary/aromatic N) is 1. The molecule has 2 aromatic carbocycles. The summed E-state index contributed by atoms with van der Waals surface area (Å²) >= 11 is 0. The van der Waals surface area contributed by atoms with E-state index in [9.17, 15) is 0 Å². The Bertz CT molecular complexity index is 613. The lowest BCUT2D eigenvalue weighted by atomic mass is 10.2. The summed E-state index contributed by atoms with van der Waals surface area (Å²) in [6, 6.07) is 14.8. The van der Waals surface area contributed by atoms with Crippen molar-refractivity contribution in [2.45, 2.75) is 6.92 Å². The number of hydrogen-bond acceptors (Lipinski definition) is 5. The Morgan fingerprint density at radius 3 is 2.41 bits per heavy atom. The van der Waals surface area contributed by atoms with Crippen LogP contribution >= 0.6 is 0 Å². The van der Waals surface area contributed by atoms with Gasteiger partial charge in [0.15, 0.2) is 11.5 Å². The number of oxime groups is 1. The molecule has 0 unspecified atom stereocenters. The summed E-state index contributed by atoms with van der Waals surface area (Å²) in [5.74, 6) is 2.12. The Morgan fingerprint density at radius 1 is 0.955 bits per heavy atom. The smallest absolute Gasteiger partial charge is 0.161 e. The van der Waals surface area contributed by atoms with Crippen LogP contribution in [-0.4, -0.2) is 31.2 Å². The summed E-state index contributed by atoms with van der Waals surface area (Å²) in [4.78, 5) is 0. The van der Waals surface area contributed by atoms with Gasteiger partial charge < -0.3 is 19.4 Å². The third-order valence-electron chi connectivity index (χ3n) is 2.82. The molecule has 0 saturated heterocycles. The Kier molecular flexibility index (Phi) is 6.11. The maximum Gasteiger partial charge on any atom is 0.161 e. The Morgan fingerprint density at radius 2 is 1.68 bits per heavy atom. The van der Waals surface area contributed by atoms with Gasteiger partial charge >= 0.3 is 0 Å². The van der Waals surface area contributed by atoms with Crippen LogP contribution in [0.25, 0.3) is 0 Å². The summed E-state index contributed by atoms with van der Waals surface area (Å²) in [5, 5.41) is 11.5. The molecule has 0 aliphatic rings. The van der Waals surface area contributed by atoms with Crippen LogP contribution in [0.3, 0.4) is 0 Å². The first-order valence-electron chi connectivity index (χ1n) is 7.08. The predicted molar refractivity (Wildman–Crippen MR) is 84.4 cm³/mol. The molecule has 2 aromatic rings. The average molecular weight is 301 g/mol. The molecular formula is C17H19NO4. The molecular weight excluding hydrogens is 282 g/mol. The molecule has 0 amide bonds. The zero-order chi connectivity index (χ0) is 15.6. The van der Waals surface area contributed by atoms with Crippen molar-refractivity contribution in [3.63, 3.8) is 0 Å². The lowest BCUT2D eigenvalue weighted by Crippen LogP contribution is -2.10. The lowest BCUT2D eigenvalue weighted by molar-refractivity contribution is 0.208. The van der Waals surface area contributed by atoms with E-state index in [-0.39, 0.29) is 0 Å². The predicted octanol–water partition coefficient (Wildman–Crippen LogP) is 3.35. The molecule has 0 bridgehead atoms. The number of hydrogen-bond donors (Lipinski definition) is 1. The highest BCUT2D eigenvalue weighted by Crippen LogP contribution is 2.26. The molecule has 0 aromatic heterocycles. The van der Waals surface area contributed by atoms with Gasteiger partial charge in [0.1, 0.15) is 19.0 Å². The molecule has 0 fully saturated rings. The highest BCUT2D eigenvalue weighted by molar-refractivity contribution is 5.79. The van der Waals surface area contributed by atoms with Crippen LogP contribution in [0.1, 0.15) is 12.5 Å². The number of ether oxygens (including phenoxy) is 3. The first kappa shape index (κ1) is 15.7. The van der Waals surface area contributed by atoms with Gasteiger partial charge in [0.05, 0.1) is 12.8 Å². The van der Waals surface area contributed by atoms with Gasteiger partial charge in [-0.15, -0.1) is 0 Å². The zero-order valence-corrected chi connectivity index (χ0v) is 12.4. The third kappa shape index (κ3) is 4.70. The maximum atomic E-state index is 8.52. The van der Waals surface area contributed by atoms with Crippen LogP contribution < -0.4 is 14.2 Å². The highest BCUT2D eigenvalue weighted by atomic mass is 16.5. The monoisotopic (exact) mass is 301 g/mol. The van der Waals surface area contributed by atoms with Gasteiger partial charge in [-0.1, -0.05) is 29.4 Å². The van der Waals surface area contributed by atoms with Crippen LogP contribution in [-0.2, 0) is 0 Å². The van der Waals surface area contributed by atoms with Gasteiger partial charge in [0.25, 0.3) is 0 Å². The van der Waals surface area contributed by atoms with Crippen molar-refractivity contribution in [3.8, 4) is 17.2 Å². The van der Waals surface area contributed by atoms with Crippen LogP contribution in [0.5, 0.6) is 17.2 Å². The van der Waals surface area contributed by atoms with Crippen molar-refractivity contribution in [3.05, 3.63) is 54.1 Å². The highest BCUT2D eigenvalue weighted by Gasteiger charge is 2.03. The number of benzene rings is 2. The largest absolute Gasteiger partial charge is 0.490 e. The van der Waals surface area contributed by atoms with E-state index in [1.54, 1.807) is 6.07 Å². The summed E-state index contributed by atoms with van der Waals surface area (Å²) in [6.07, 6.45) is 1.35. The minimum atomic E-state index is 0.403. The molecule has 0 aliphatic heterocycles. The molecule has 0 heterocycles. The van der Waals surface area contributed by atoms with Crippen LogP contribution in [0.15, 0.2) is 53.7 Å². The summed E-state index contributed by atoms with van der Waals surface area (Å²) in [6.45, 7) is 3.33. The van der Waals surface area contributed by atoms with Crippen molar-refractivity contribution in [1.82, 2.24) is 0 Å². The van der Waals surface area contributed by atoms with E-state index in [2.05, 4.69) is 5.16 Å². The Balaban J connectivity index is 1.83. The molecule has 5 nitrogen and oxygen atoms in total. The van der Waals surface area contributed by atoms with Crippen molar-refractivity contribution in [2.75, 3.05) is 19.8 Å². The number of para-hydroxylation sites is 2. The summed E-state index contributed by atoms with van der Waals surface area (Å²) < 4.78 is 16.8. The van der Waals surface area contributed by atoms with Crippen molar-refractivity contribution >= 4 is 6.21 Å². The SMILES string of the molecule is CCOc1ccccc1OCCOc1cccc(C=NO)c1. The van der Waals surface area contributed by atoms with E-state index >= 15 is 0 Å². The minimum absolute atomic E-state index is 0.403. The van der Waals surface area contributed by atoms with Gasteiger partial charge in [-0.25, -0.2) is 0 Å². The van der Waals surface area contributed by atoms with E-state index in [0.717, 1.165) is 11.3 Å². The van der Waals surface area contributed by atoms with Gasteiger partial charge in [0, 0.05) is 0 Å². The van der Waals surface area contributed by atoms with E-state index < -0.39 is 0 Å². The first-order chi connectivity index (χ1) is 10.8. The first-order valence-corrected chi connectivity index (χ1v) is 7.08. The van der Waals surface area contributed by atoms with Crippen LogP contribution in [0, 0.1) is 0 Å². The van der Waals surface area contributed by atoms with E-state index in [0.29, 0.717) is 31.3 Å². The van der Waals surface area contributed by atoms with Gasteiger partial charge in [-0.3, -0.25) is 0 Å². The molecule has 5 heteroatoms.